The molecule has 1 atom stereocenters. The van der Waals surface area contributed by atoms with E-state index in [0.717, 1.165) is 22.3 Å². The molecule has 3 nitrogen and oxygen atoms in total. The van der Waals surface area contributed by atoms with Crippen molar-refractivity contribution in [3.63, 3.8) is 0 Å². The second kappa shape index (κ2) is 7.27. The Hall–Kier alpha value is -0.100. The van der Waals surface area contributed by atoms with Crippen LogP contribution in [0.2, 0.25) is 0 Å². The Morgan fingerprint density at radius 2 is 2.25 bits per heavy atom. The van der Waals surface area contributed by atoms with Gasteiger partial charge < -0.3 is 0 Å². The van der Waals surface area contributed by atoms with Gasteiger partial charge in [-0.1, -0.05) is 13.8 Å². The molecule has 1 aromatic heterocycles. The van der Waals surface area contributed by atoms with E-state index in [-0.39, 0.29) is 6.04 Å². The number of halogens is 1. The number of nitrogens with one attached hydrogen (secondary N) is 1. The molecule has 0 aromatic carbocycles. The van der Waals surface area contributed by atoms with Crippen LogP contribution < -0.4 is 11.3 Å². The maximum atomic E-state index is 5.54. The van der Waals surface area contributed by atoms with Gasteiger partial charge in [0.05, 0.1) is 0 Å². The van der Waals surface area contributed by atoms with Crippen LogP contribution in [0.3, 0.4) is 0 Å². The Balaban J connectivity index is 2.46. The van der Waals surface area contributed by atoms with Crippen molar-refractivity contribution in [2.45, 2.75) is 31.6 Å². The molecule has 0 aliphatic heterocycles. The van der Waals surface area contributed by atoms with Crippen molar-refractivity contribution in [2.24, 2.45) is 5.84 Å². The van der Waals surface area contributed by atoms with Crippen LogP contribution in [-0.2, 0) is 6.42 Å². The second-order valence-corrected chi connectivity index (χ2v) is 6.44. The third-order valence-electron chi connectivity index (χ3n) is 2.11. The summed E-state index contributed by atoms with van der Waals surface area (Å²) in [7, 11) is 0. The van der Waals surface area contributed by atoms with Gasteiger partial charge in [0, 0.05) is 34.6 Å². The summed E-state index contributed by atoms with van der Waals surface area (Å²) in [5.74, 6) is 6.54. The van der Waals surface area contributed by atoms with E-state index in [0.29, 0.717) is 5.25 Å². The van der Waals surface area contributed by atoms with Crippen molar-refractivity contribution in [1.29, 1.82) is 0 Å². The van der Waals surface area contributed by atoms with E-state index in [2.05, 4.69) is 40.2 Å². The Kier molecular flexibility index (Phi) is 6.34. The Bertz CT molecular complexity index is 303. The molecule has 1 aromatic rings. The van der Waals surface area contributed by atoms with Gasteiger partial charge in [0.2, 0.25) is 0 Å². The molecule has 0 amide bonds. The summed E-state index contributed by atoms with van der Waals surface area (Å²) >= 11 is 5.28. The summed E-state index contributed by atoms with van der Waals surface area (Å²) in [4.78, 5) is 4.34. The first-order valence-electron chi connectivity index (χ1n) is 5.30. The van der Waals surface area contributed by atoms with E-state index < -0.39 is 0 Å². The van der Waals surface area contributed by atoms with Crippen LogP contribution in [0.5, 0.6) is 0 Å². The molecule has 90 valence electrons. The normalized spacial score (nSPS) is 13.1. The highest BCUT2D eigenvalue weighted by Gasteiger charge is 2.09. The van der Waals surface area contributed by atoms with E-state index in [9.17, 15) is 0 Å². The number of pyridine rings is 1. The van der Waals surface area contributed by atoms with Gasteiger partial charge in [-0.2, -0.15) is 11.8 Å². The van der Waals surface area contributed by atoms with Crippen LogP contribution in [0, 0.1) is 0 Å². The predicted octanol–water partition coefficient (Wildman–Crippen LogP) is 2.36. The van der Waals surface area contributed by atoms with Crippen molar-refractivity contribution in [1.82, 2.24) is 10.4 Å². The Morgan fingerprint density at radius 3 is 2.75 bits per heavy atom. The standard InChI is InChI=1S/C11H18BrN3S/c1-8(2)16-7-11(15-13)5-10-4-3-9(12)6-14-10/h3-4,6,8,11,15H,5,7,13H2,1-2H3. The van der Waals surface area contributed by atoms with Crippen molar-refractivity contribution in [3.05, 3.63) is 28.5 Å². The molecule has 1 heterocycles. The molecular weight excluding hydrogens is 286 g/mol. The highest BCUT2D eigenvalue weighted by molar-refractivity contribution is 9.10. The van der Waals surface area contributed by atoms with Crippen molar-refractivity contribution >= 4 is 27.7 Å². The van der Waals surface area contributed by atoms with E-state index in [1.165, 1.54) is 0 Å². The minimum Gasteiger partial charge on any atom is -0.271 e. The van der Waals surface area contributed by atoms with Gasteiger partial charge in [-0.3, -0.25) is 16.3 Å². The fraction of sp³-hybridized carbons (Fsp3) is 0.545. The Morgan fingerprint density at radius 1 is 1.50 bits per heavy atom. The lowest BCUT2D eigenvalue weighted by Gasteiger charge is -2.16. The molecule has 0 radical (unpaired) electrons. The Labute approximate surface area is 110 Å². The molecule has 16 heavy (non-hydrogen) atoms. The molecule has 0 saturated carbocycles. The van der Waals surface area contributed by atoms with E-state index >= 15 is 0 Å². The summed E-state index contributed by atoms with van der Waals surface area (Å²) in [6, 6.07) is 4.31. The summed E-state index contributed by atoms with van der Waals surface area (Å²) in [5.41, 5.74) is 3.91. The van der Waals surface area contributed by atoms with Gasteiger partial charge in [0.25, 0.3) is 0 Å². The van der Waals surface area contributed by atoms with Crippen LogP contribution in [0.1, 0.15) is 19.5 Å². The van der Waals surface area contributed by atoms with Crippen molar-refractivity contribution in [3.8, 4) is 0 Å². The molecule has 3 N–H and O–H groups in total. The predicted molar refractivity (Wildman–Crippen MR) is 74.3 cm³/mol. The minimum atomic E-state index is 0.279. The lowest BCUT2D eigenvalue weighted by Crippen LogP contribution is -2.39. The molecule has 5 heteroatoms. The maximum absolute atomic E-state index is 5.54. The molecule has 0 bridgehead atoms. The average molecular weight is 304 g/mol. The number of hydrogen-bond donors (Lipinski definition) is 2. The van der Waals surface area contributed by atoms with Crippen LogP contribution in [0.15, 0.2) is 22.8 Å². The highest BCUT2D eigenvalue weighted by atomic mass is 79.9. The topological polar surface area (TPSA) is 50.9 Å². The first-order valence-corrected chi connectivity index (χ1v) is 7.14. The van der Waals surface area contributed by atoms with Crippen LogP contribution in [0.4, 0.5) is 0 Å². The van der Waals surface area contributed by atoms with Crippen molar-refractivity contribution in [2.75, 3.05) is 5.75 Å². The number of hydrogen-bond acceptors (Lipinski definition) is 4. The minimum absolute atomic E-state index is 0.279. The fourth-order valence-electron chi connectivity index (χ4n) is 1.25. The first-order chi connectivity index (χ1) is 7.61. The largest absolute Gasteiger partial charge is 0.271 e. The second-order valence-electron chi connectivity index (χ2n) is 3.92. The zero-order chi connectivity index (χ0) is 12.0. The van der Waals surface area contributed by atoms with Crippen LogP contribution >= 0.6 is 27.7 Å². The lowest BCUT2D eigenvalue weighted by atomic mass is 10.2. The number of nitrogens with zero attached hydrogens (tertiary/aromatic N) is 1. The van der Waals surface area contributed by atoms with E-state index in [1.54, 1.807) is 0 Å². The van der Waals surface area contributed by atoms with Gasteiger partial charge in [-0.05, 0) is 33.3 Å². The number of aromatic nitrogens is 1. The third-order valence-corrected chi connectivity index (χ3v) is 3.84. The number of thioether (sulfide) groups is 1. The lowest BCUT2D eigenvalue weighted by molar-refractivity contribution is 0.568. The van der Waals surface area contributed by atoms with Crippen LogP contribution in [0.25, 0.3) is 0 Å². The third kappa shape index (κ3) is 5.30. The molecule has 1 unspecified atom stereocenters. The average Bonchev–Trinajstić information content (AvgIpc) is 2.26. The van der Waals surface area contributed by atoms with E-state index in [4.69, 9.17) is 5.84 Å². The van der Waals surface area contributed by atoms with Crippen LogP contribution in [-0.4, -0.2) is 22.0 Å². The zero-order valence-corrected chi connectivity index (χ0v) is 12.0. The van der Waals surface area contributed by atoms with Gasteiger partial charge in [-0.25, -0.2) is 0 Å². The van der Waals surface area contributed by atoms with Gasteiger partial charge in [0.1, 0.15) is 0 Å². The number of hydrazine groups is 1. The molecule has 0 aliphatic carbocycles. The summed E-state index contributed by atoms with van der Waals surface area (Å²) in [5, 5.41) is 0.633. The summed E-state index contributed by atoms with van der Waals surface area (Å²) < 4.78 is 1.00. The highest BCUT2D eigenvalue weighted by Crippen LogP contribution is 2.13. The smallest absolute Gasteiger partial charge is 0.0420 e. The van der Waals surface area contributed by atoms with E-state index in [1.807, 2.05) is 30.1 Å². The maximum Gasteiger partial charge on any atom is 0.0420 e. The zero-order valence-electron chi connectivity index (χ0n) is 9.61. The summed E-state index contributed by atoms with van der Waals surface area (Å²) in [6.45, 7) is 4.38. The van der Waals surface area contributed by atoms with Gasteiger partial charge >= 0.3 is 0 Å². The molecule has 0 aliphatic rings. The van der Waals surface area contributed by atoms with Gasteiger partial charge in [-0.15, -0.1) is 0 Å². The number of rotatable bonds is 6. The molecule has 0 fully saturated rings. The number of nitrogens with two attached hydrogens (primary N) is 1. The molecule has 0 spiro atoms. The SMILES string of the molecule is CC(C)SCC(Cc1ccc(Br)cn1)NN. The van der Waals surface area contributed by atoms with Gasteiger partial charge in [0.15, 0.2) is 0 Å². The fourth-order valence-corrected chi connectivity index (χ4v) is 2.32. The quantitative estimate of drug-likeness (QED) is 0.626. The first kappa shape index (κ1) is 14.0. The summed E-state index contributed by atoms with van der Waals surface area (Å²) in [6.07, 6.45) is 2.68. The molecule has 1 rings (SSSR count). The van der Waals surface area contributed by atoms with Crippen molar-refractivity contribution < 1.29 is 0 Å². The molecule has 0 saturated heterocycles. The molecular formula is C11H18BrN3S. The monoisotopic (exact) mass is 303 g/mol.